The molecule has 2 unspecified atom stereocenters. The van der Waals surface area contributed by atoms with Gasteiger partial charge in [0, 0.05) is 18.6 Å². The molecule has 3 rings (SSSR count). The van der Waals surface area contributed by atoms with E-state index < -0.39 is 0 Å². The normalized spacial score (nSPS) is 29.4. The summed E-state index contributed by atoms with van der Waals surface area (Å²) in [5.41, 5.74) is 9.50. The van der Waals surface area contributed by atoms with Crippen LogP contribution in [0.1, 0.15) is 56.1 Å². The first-order valence-electron chi connectivity index (χ1n) is 8.24. The van der Waals surface area contributed by atoms with Gasteiger partial charge in [-0.05, 0) is 62.5 Å². The summed E-state index contributed by atoms with van der Waals surface area (Å²) in [4.78, 5) is 0. The maximum atomic E-state index is 6.22. The lowest BCUT2D eigenvalue weighted by Gasteiger charge is -2.39. The summed E-state index contributed by atoms with van der Waals surface area (Å²) in [6.07, 6.45) is 10.5. The standard InChI is InChI=1S/C18H27NO/c19-14-18(12-4-8-16-9-5-13-20-16)11-3-7-15-6-1-2-10-17(15)18/h1-2,6,10,16H,3-5,7-9,11-14,19H2. The van der Waals surface area contributed by atoms with Gasteiger partial charge in [-0.1, -0.05) is 24.3 Å². The lowest BCUT2D eigenvalue weighted by Crippen LogP contribution is -2.38. The average molecular weight is 273 g/mol. The van der Waals surface area contributed by atoms with Crippen molar-refractivity contribution in [2.24, 2.45) is 5.73 Å². The molecule has 2 aliphatic rings. The number of ether oxygens (including phenoxy) is 1. The molecule has 1 aliphatic heterocycles. The molecule has 1 aliphatic carbocycles. The monoisotopic (exact) mass is 273 g/mol. The topological polar surface area (TPSA) is 35.2 Å². The van der Waals surface area contributed by atoms with Crippen molar-refractivity contribution >= 4 is 0 Å². The van der Waals surface area contributed by atoms with E-state index in [1.54, 1.807) is 0 Å². The predicted octanol–water partition coefficient (Wildman–Crippen LogP) is 3.57. The summed E-state index contributed by atoms with van der Waals surface area (Å²) < 4.78 is 5.75. The molecule has 0 saturated carbocycles. The highest BCUT2D eigenvalue weighted by Crippen LogP contribution is 2.40. The van der Waals surface area contributed by atoms with E-state index in [4.69, 9.17) is 10.5 Å². The maximum absolute atomic E-state index is 6.22. The van der Waals surface area contributed by atoms with E-state index in [1.807, 2.05) is 0 Å². The zero-order chi connectivity index (χ0) is 13.8. The zero-order valence-corrected chi connectivity index (χ0v) is 12.4. The van der Waals surface area contributed by atoms with Crippen LogP contribution in [0.5, 0.6) is 0 Å². The molecule has 110 valence electrons. The molecule has 2 atom stereocenters. The summed E-state index contributed by atoms with van der Waals surface area (Å²) in [5.74, 6) is 0. The number of fused-ring (bicyclic) bond motifs is 1. The Morgan fingerprint density at radius 2 is 2.15 bits per heavy atom. The van der Waals surface area contributed by atoms with E-state index >= 15 is 0 Å². The van der Waals surface area contributed by atoms with Gasteiger partial charge in [0.2, 0.25) is 0 Å². The van der Waals surface area contributed by atoms with E-state index in [-0.39, 0.29) is 5.41 Å². The molecular formula is C18H27NO. The Balaban J connectivity index is 1.68. The van der Waals surface area contributed by atoms with Gasteiger partial charge in [-0.25, -0.2) is 0 Å². The number of nitrogens with two attached hydrogens (primary N) is 1. The average Bonchev–Trinajstić information content (AvgIpc) is 3.01. The number of rotatable bonds is 5. The third-order valence-corrected chi connectivity index (χ3v) is 5.29. The molecule has 2 heteroatoms. The molecule has 0 radical (unpaired) electrons. The summed E-state index contributed by atoms with van der Waals surface area (Å²) in [6, 6.07) is 8.94. The highest BCUT2D eigenvalue weighted by atomic mass is 16.5. The molecule has 2 nitrogen and oxygen atoms in total. The van der Waals surface area contributed by atoms with Crippen molar-refractivity contribution in [2.75, 3.05) is 13.2 Å². The summed E-state index contributed by atoms with van der Waals surface area (Å²) in [6.45, 7) is 1.76. The number of benzene rings is 1. The van der Waals surface area contributed by atoms with E-state index in [9.17, 15) is 0 Å². The highest BCUT2D eigenvalue weighted by Gasteiger charge is 2.34. The molecule has 1 saturated heterocycles. The maximum Gasteiger partial charge on any atom is 0.0576 e. The Hall–Kier alpha value is -0.860. The second kappa shape index (κ2) is 6.28. The highest BCUT2D eigenvalue weighted by molar-refractivity contribution is 5.37. The van der Waals surface area contributed by atoms with Crippen molar-refractivity contribution in [3.05, 3.63) is 35.4 Å². The Morgan fingerprint density at radius 3 is 2.95 bits per heavy atom. The SMILES string of the molecule is NCC1(CCCC2CCCO2)CCCc2ccccc21. The first-order valence-corrected chi connectivity index (χ1v) is 8.24. The van der Waals surface area contributed by atoms with Crippen molar-refractivity contribution in [2.45, 2.75) is 62.9 Å². The van der Waals surface area contributed by atoms with Crippen LogP contribution < -0.4 is 5.73 Å². The van der Waals surface area contributed by atoms with Crippen LogP contribution in [-0.4, -0.2) is 19.3 Å². The van der Waals surface area contributed by atoms with Crippen molar-refractivity contribution < 1.29 is 4.74 Å². The predicted molar refractivity (Wildman–Crippen MR) is 82.9 cm³/mol. The Morgan fingerprint density at radius 1 is 1.25 bits per heavy atom. The van der Waals surface area contributed by atoms with Crippen LogP contribution in [0.25, 0.3) is 0 Å². The van der Waals surface area contributed by atoms with Gasteiger partial charge in [-0.15, -0.1) is 0 Å². The molecule has 1 heterocycles. The number of hydrogen-bond acceptors (Lipinski definition) is 2. The van der Waals surface area contributed by atoms with Crippen LogP contribution in [0.3, 0.4) is 0 Å². The fraction of sp³-hybridized carbons (Fsp3) is 0.667. The Bertz CT molecular complexity index is 439. The molecule has 2 N–H and O–H groups in total. The van der Waals surface area contributed by atoms with Gasteiger partial charge in [0.05, 0.1) is 6.10 Å². The van der Waals surface area contributed by atoms with Gasteiger partial charge in [-0.3, -0.25) is 0 Å². The van der Waals surface area contributed by atoms with E-state index in [1.165, 1.54) is 62.5 Å². The minimum Gasteiger partial charge on any atom is -0.378 e. The molecule has 0 bridgehead atoms. The van der Waals surface area contributed by atoms with Crippen LogP contribution in [0.15, 0.2) is 24.3 Å². The van der Waals surface area contributed by atoms with Crippen LogP contribution in [-0.2, 0) is 16.6 Å². The molecular weight excluding hydrogens is 246 g/mol. The first kappa shape index (κ1) is 14.1. The van der Waals surface area contributed by atoms with Crippen LogP contribution in [0.4, 0.5) is 0 Å². The molecule has 1 aromatic rings. The molecule has 0 aromatic heterocycles. The first-order chi connectivity index (χ1) is 9.84. The Kier molecular flexibility index (Phi) is 4.42. The minimum absolute atomic E-state index is 0.230. The van der Waals surface area contributed by atoms with Crippen molar-refractivity contribution in [1.82, 2.24) is 0 Å². The number of aryl methyl sites for hydroxylation is 1. The van der Waals surface area contributed by atoms with Gasteiger partial charge < -0.3 is 10.5 Å². The molecule has 0 amide bonds. The van der Waals surface area contributed by atoms with Gasteiger partial charge in [0.15, 0.2) is 0 Å². The minimum atomic E-state index is 0.230. The Labute approximate surface area is 122 Å². The second-order valence-electron chi connectivity index (χ2n) is 6.52. The summed E-state index contributed by atoms with van der Waals surface area (Å²) in [5, 5.41) is 0. The van der Waals surface area contributed by atoms with Gasteiger partial charge in [0.25, 0.3) is 0 Å². The lowest BCUT2D eigenvalue weighted by molar-refractivity contribution is 0.0995. The summed E-state index contributed by atoms with van der Waals surface area (Å²) in [7, 11) is 0. The third kappa shape index (κ3) is 2.77. The largest absolute Gasteiger partial charge is 0.378 e. The van der Waals surface area contributed by atoms with Crippen molar-refractivity contribution in [1.29, 1.82) is 0 Å². The third-order valence-electron chi connectivity index (χ3n) is 5.29. The fourth-order valence-corrected chi connectivity index (χ4v) is 4.12. The summed E-state index contributed by atoms with van der Waals surface area (Å²) >= 11 is 0. The van der Waals surface area contributed by atoms with Crippen molar-refractivity contribution in [3.63, 3.8) is 0 Å². The second-order valence-corrected chi connectivity index (χ2v) is 6.52. The molecule has 0 spiro atoms. The molecule has 20 heavy (non-hydrogen) atoms. The molecule has 1 fully saturated rings. The van der Waals surface area contributed by atoms with E-state index in [0.29, 0.717) is 6.10 Å². The number of hydrogen-bond donors (Lipinski definition) is 1. The zero-order valence-electron chi connectivity index (χ0n) is 12.4. The smallest absolute Gasteiger partial charge is 0.0576 e. The van der Waals surface area contributed by atoms with Gasteiger partial charge in [-0.2, -0.15) is 0 Å². The fourth-order valence-electron chi connectivity index (χ4n) is 4.12. The molecule has 1 aromatic carbocycles. The van der Waals surface area contributed by atoms with Crippen molar-refractivity contribution in [3.8, 4) is 0 Å². The quantitative estimate of drug-likeness (QED) is 0.890. The lowest BCUT2D eigenvalue weighted by atomic mass is 9.67. The van der Waals surface area contributed by atoms with Crippen LogP contribution in [0.2, 0.25) is 0 Å². The van der Waals surface area contributed by atoms with E-state index in [2.05, 4.69) is 24.3 Å². The van der Waals surface area contributed by atoms with Gasteiger partial charge >= 0.3 is 0 Å². The van der Waals surface area contributed by atoms with Crippen LogP contribution in [0, 0.1) is 0 Å². The van der Waals surface area contributed by atoms with Gasteiger partial charge in [0.1, 0.15) is 0 Å². The van der Waals surface area contributed by atoms with E-state index in [0.717, 1.165) is 13.2 Å². The van der Waals surface area contributed by atoms with Crippen LogP contribution >= 0.6 is 0 Å².